The van der Waals surface area contributed by atoms with Gasteiger partial charge in [-0.25, -0.2) is 19.2 Å². The van der Waals surface area contributed by atoms with Crippen LogP contribution in [0.15, 0.2) is 115 Å². The average Bonchev–Trinajstić information content (AvgIpc) is 3.31. The molecule has 0 N–H and O–H groups in total. The van der Waals surface area contributed by atoms with Crippen LogP contribution in [0.2, 0.25) is 0 Å². The lowest BCUT2D eigenvalue weighted by Crippen LogP contribution is -2.28. The van der Waals surface area contributed by atoms with E-state index in [-0.39, 0.29) is 26.4 Å². The molecule has 6 aromatic carbocycles. The maximum absolute atomic E-state index is 13.5. The lowest BCUT2D eigenvalue weighted by Gasteiger charge is -2.28. The molecule has 408 valence electrons. The molecular weight excluding hydrogens is 973 g/mol. The van der Waals surface area contributed by atoms with Crippen LogP contribution in [-0.2, 0) is 38.1 Å². The summed E-state index contributed by atoms with van der Waals surface area (Å²) in [5.74, 6) is -0.738. The lowest BCUT2D eigenvalue weighted by atomic mass is 9.80. The summed E-state index contributed by atoms with van der Waals surface area (Å²) in [6.07, 6.45) is 0. The molecule has 77 heavy (non-hydrogen) atoms. The predicted octanol–water partition coefficient (Wildman–Crippen LogP) is 14.0. The maximum atomic E-state index is 13.5. The predicted molar refractivity (Wildman–Crippen MR) is 301 cm³/mol. The molecule has 0 saturated heterocycles. The third kappa shape index (κ3) is 17.2. The summed E-state index contributed by atoms with van der Waals surface area (Å²) in [6, 6.07) is 38.1. The van der Waals surface area contributed by atoms with Crippen molar-refractivity contribution in [2.24, 2.45) is 0 Å². The number of hydrogen-bond acceptors (Lipinski definition) is 12. The molecule has 0 aliphatic heterocycles. The van der Waals surface area contributed by atoms with E-state index in [0.29, 0.717) is 34.1 Å². The molecule has 0 heterocycles. The fourth-order valence-electron chi connectivity index (χ4n) is 8.79. The smallest absolute Gasteiger partial charge is 0.344 e. The fraction of sp³-hybridized carbons (Fsp3) is 0.385. The zero-order valence-electron chi connectivity index (χ0n) is 47.8. The minimum Gasteiger partial charge on any atom is -0.482 e. The topological polar surface area (TPSA) is 142 Å². The second-order valence-corrected chi connectivity index (χ2v) is 23.3. The van der Waals surface area contributed by atoms with Crippen molar-refractivity contribution in [1.29, 1.82) is 0 Å². The van der Waals surface area contributed by atoms with Crippen LogP contribution >= 0.6 is 0 Å². The third-order valence-corrected chi connectivity index (χ3v) is 11.6. The first-order chi connectivity index (χ1) is 35.9. The first-order valence-electron chi connectivity index (χ1n) is 26.0. The largest absolute Gasteiger partial charge is 0.482 e. The molecule has 0 aliphatic carbocycles. The second-order valence-electron chi connectivity index (χ2n) is 23.3. The minimum absolute atomic E-state index is 0.252. The molecular formula is C65H76O12. The number of hydrogen-bond donors (Lipinski definition) is 0. The lowest BCUT2D eigenvalue weighted by molar-refractivity contribution is -0.158. The summed E-state index contributed by atoms with van der Waals surface area (Å²) in [5, 5.41) is 0. The van der Waals surface area contributed by atoms with E-state index in [1.807, 2.05) is 178 Å². The van der Waals surface area contributed by atoms with E-state index in [4.69, 9.17) is 37.9 Å². The van der Waals surface area contributed by atoms with Gasteiger partial charge >= 0.3 is 23.9 Å². The van der Waals surface area contributed by atoms with Crippen molar-refractivity contribution >= 4 is 23.9 Å². The maximum Gasteiger partial charge on any atom is 0.344 e. The number of esters is 4. The standard InChI is InChI=1S/C65H76O12/c1-40-30-47(26-28-53(40)70-36-55(66)74-62(5,6)7)49-32-42(3)60(72-38-57(68)76-64(11,12)13)51(34-49)59(46-24-22-45(23-25-46)44-20-18-17-19-21-44)52-35-50(33-43(4)61(52)73-39-58(69)77-65(14,15)16)48-27-29-54(41(2)31-48)71-37-56(67)75-63(8,9)10/h17-35,59H,36-39H2,1-16H3. The van der Waals surface area contributed by atoms with Crippen LogP contribution in [0.25, 0.3) is 33.4 Å². The van der Waals surface area contributed by atoms with Crippen LogP contribution in [0.4, 0.5) is 0 Å². The molecule has 0 atom stereocenters. The highest BCUT2D eigenvalue weighted by atomic mass is 16.6. The molecule has 6 rings (SSSR count). The molecule has 0 fully saturated rings. The number of benzene rings is 6. The number of carbonyl (C=O) groups is 4. The summed E-state index contributed by atoms with van der Waals surface area (Å²) in [4.78, 5) is 52.3. The summed E-state index contributed by atoms with van der Waals surface area (Å²) in [7, 11) is 0. The van der Waals surface area contributed by atoms with E-state index in [0.717, 1.165) is 61.2 Å². The Kier molecular flexibility index (Phi) is 18.4. The number of ether oxygens (including phenoxy) is 8. The third-order valence-electron chi connectivity index (χ3n) is 11.6. The molecule has 12 heteroatoms. The summed E-state index contributed by atoms with van der Waals surface area (Å²) < 4.78 is 47.7. The zero-order chi connectivity index (χ0) is 56.6. The summed E-state index contributed by atoms with van der Waals surface area (Å²) >= 11 is 0. The molecule has 0 radical (unpaired) electrons. The van der Waals surface area contributed by atoms with Crippen molar-refractivity contribution in [3.63, 3.8) is 0 Å². The van der Waals surface area contributed by atoms with Crippen molar-refractivity contribution in [2.75, 3.05) is 26.4 Å². The Balaban J connectivity index is 1.59. The minimum atomic E-state index is -0.759. The highest BCUT2D eigenvalue weighted by molar-refractivity contribution is 5.77. The molecule has 0 saturated carbocycles. The fourth-order valence-corrected chi connectivity index (χ4v) is 8.79. The van der Waals surface area contributed by atoms with Gasteiger partial charge in [0.15, 0.2) is 26.4 Å². The summed E-state index contributed by atoms with van der Waals surface area (Å²) in [6.45, 7) is 28.1. The Hall–Kier alpha value is -7.60. The van der Waals surface area contributed by atoms with E-state index in [1.165, 1.54) is 0 Å². The van der Waals surface area contributed by atoms with Crippen molar-refractivity contribution in [2.45, 2.75) is 139 Å². The van der Waals surface area contributed by atoms with Gasteiger partial charge in [0.05, 0.1) is 0 Å². The molecule has 0 aromatic heterocycles. The molecule has 0 unspecified atom stereocenters. The molecule has 0 bridgehead atoms. The first kappa shape index (κ1) is 58.7. The molecule has 6 aromatic rings. The van der Waals surface area contributed by atoms with E-state index >= 15 is 0 Å². The normalized spacial score (nSPS) is 11.9. The molecule has 0 aliphatic rings. The van der Waals surface area contributed by atoms with Crippen LogP contribution < -0.4 is 18.9 Å². The second kappa shape index (κ2) is 24.2. The zero-order valence-corrected chi connectivity index (χ0v) is 47.8. The van der Waals surface area contributed by atoms with E-state index < -0.39 is 52.2 Å². The Bertz CT molecular complexity index is 2900. The van der Waals surface area contributed by atoms with Gasteiger partial charge in [0, 0.05) is 17.0 Å². The van der Waals surface area contributed by atoms with Gasteiger partial charge in [-0.1, -0.05) is 66.7 Å². The van der Waals surface area contributed by atoms with Gasteiger partial charge in [-0.05, 0) is 221 Å². The van der Waals surface area contributed by atoms with Crippen LogP contribution in [0, 0.1) is 27.7 Å². The van der Waals surface area contributed by atoms with Gasteiger partial charge in [-0.3, -0.25) is 0 Å². The van der Waals surface area contributed by atoms with Gasteiger partial charge in [-0.2, -0.15) is 0 Å². The molecule has 0 amide bonds. The van der Waals surface area contributed by atoms with E-state index in [9.17, 15) is 19.2 Å². The Morgan fingerprint density at radius 2 is 0.662 bits per heavy atom. The van der Waals surface area contributed by atoms with Crippen molar-refractivity contribution < 1.29 is 57.1 Å². The number of rotatable bonds is 18. The number of aryl methyl sites for hydroxylation is 4. The van der Waals surface area contributed by atoms with E-state index in [1.54, 1.807) is 0 Å². The SMILES string of the molecule is Cc1cc(-c2cc(C)c(OCC(=O)OC(C)(C)C)c(C(c3ccc(-c4ccccc4)cc3)c3cc(-c4ccc(OCC(=O)OC(C)(C)C)c(C)c4)cc(C)c3OCC(=O)OC(C)(C)C)c2)ccc1OCC(=O)OC(C)(C)C. The average molecular weight is 1050 g/mol. The van der Waals surface area contributed by atoms with Gasteiger partial charge < -0.3 is 37.9 Å². The van der Waals surface area contributed by atoms with Crippen molar-refractivity contribution in [3.05, 3.63) is 154 Å². The molecule has 0 spiro atoms. The van der Waals surface area contributed by atoms with Gasteiger partial charge in [0.25, 0.3) is 0 Å². The quantitative estimate of drug-likeness (QED) is 0.0459. The van der Waals surface area contributed by atoms with Gasteiger partial charge in [0.2, 0.25) is 0 Å². The Morgan fingerprint density at radius 1 is 0.351 bits per heavy atom. The van der Waals surface area contributed by atoms with Crippen LogP contribution in [0.3, 0.4) is 0 Å². The van der Waals surface area contributed by atoms with Crippen LogP contribution in [0.1, 0.15) is 128 Å². The highest BCUT2D eigenvalue weighted by Gasteiger charge is 2.30. The first-order valence-corrected chi connectivity index (χ1v) is 26.0. The monoisotopic (exact) mass is 1050 g/mol. The van der Waals surface area contributed by atoms with Crippen molar-refractivity contribution in [3.8, 4) is 56.4 Å². The highest BCUT2D eigenvalue weighted by Crippen LogP contribution is 2.47. The number of carbonyl (C=O) groups excluding carboxylic acids is 4. The summed E-state index contributed by atoms with van der Waals surface area (Å²) in [5.41, 5.74) is 7.86. The van der Waals surface area contributed by atoms with E-state index in [2.05, 4.69) is 48.5 Å². The Morgan fingerprint density at radius 3 is 1.00 bits per heavy atom. The van der Waals surface area contributed by atoms with Crippen LogP contribution in [0.5, 0.6) is 23.0 Å². The van der Waals surface area contributed by atoms with Gasteiger partial charge in [0.1, 0.15) is 45.4 Å². The van der Waals surface area contributed by atoms with Crippen molar-refractivity contribution in [1.82, 2.24) is 0 Å². The van der Waals surface area contributed by atoms with Gasteiger partial charge in [-0.15, -0.1) is 0 Å². The Labute approximate surface area is 455 Å². The molecule has 12 nitrogen and oxygen atoms in total. The van der Waals surface area contributed by atoms with Crippen LogP contribution in [-0.4, -0.2) is 72.7 Å².